The lowest BCUT2D eigenvalue weighted by atomic mass is 10.1. The van der Waals surface area contributed by atoms with Crippen LogP contribution in [0.5, 0.6) is 0 Å². The Hall–Kier alpha value is -3.04. The highest BCUT2D eigenvalue weighted by Crippen LogP contribution is 2.28. The molecule has 24 heavy (non-hydrogen) atoms. The van der Waals surface area contributed by atoms with Gasteiger partial charge in [-0.1, -0.05) is 0 Å². The maximum absolute atomic E-state index is 13.5. The number of nitrogens with one attached hydrogen (secondary N) is 1. The standard InChI is InChI=1S/C14H7F5N2O3/c1-5-4-6(2-3-7(5)21(23)24)14(22)20-13-11(18)9(16)8(15)10(17)12(13)19/h2-4H,1H3,(H,20,22). The van der Waals surface area contributed by atoms with Crippen molar-refractivity contribution in [1.29, 1.82) is 0 Å². The van der Waals surface area contributed by atoms with Crippen LogP contribution in [-0.4, -0.2) is 10.8 Å². The average Bonchev–Trinajstić information content (AvgIpc) is 2.54. The second-order valence-electron chi connectivity index (χ2n) is 4.66. The van der Waals surface area contributed by atoms with E-state index < -0.39 is 45.6 Å². The topological polar surface area (TPSA) is 72.2 Å². The van der Waals surface area contributed by atoms with E-state index in [-0.39, 0.29) is 16.8 Å². The SMILES string of the molecule is Cc1cc(C(=O)Nc2c(F)c(F)c(F)c(F)c2F)ccc1[N+](=O)[O-]. The molecule has 0 aliphatic carbocycles. The van der Waals surface area contributed by atoms with Crippen LogP contribution < -0.4 is 5.32 Å². The van der Waals surface area contributed by atoms with E-state index in [0.717, 1.165) is 18.2 Å². The number of carbonyl (C=O) groups is 1. The summed E-state index contributed by atoms with van der Waals surface area (Å²) in [4.78, 5) is 21.9. The summed E-state index contributed by atoms with van der Waals surface area (Å²) in [6.07, 6.45) is 0. The van der Waals surface area contributed by atoms with E-state index in [0.29, 0.717) is 0 Å². The molecule has 2 aromatic carbocycles. The van der Waals surface area contributed by atoms with Gasteiger partial charge in [0.15, 0.2) is 23.3 Å². The minimum atomic E-state index is -2.35. The number of halogens is 5. The Bertz CT molecular complexity index is 841. The Morgan fingerprint density at radius 1 is 1.00 bits per heavy atom. The molecule has 0 saturated heterocycles. The number of benzene rings is 2. The Morgan fingerprint density at radius 2 is 1.50 bits per heavy atom. The van der Waals surface area contributed by atoms with Gasteiger partial charge in [0.25, 0.3) is 11.6 Å². The first-order valence-corrected chi connectivity index (χ1v) is 6.23. The molecule has 0 fully saturated rings. The largest absolute Gasteiger partial charge is 0.317 e. The van der Waals surface area contributed by atoms with E-state index in [1.54, 1.807) is 5.32 Å². The Labute approximate surface area is 130 Å². The first-order chi connectivity index (χ1) is 11.1. The molecule has 126 valence electrons. The van der Waals surface area contributed by atoms with Crippen LogP contribution in [0.2, 0.25) is 0 Å². The zero-order valence-corrected chi connectivity index (χ0v) is 11.8. The molecule has 0 radical (unpaired) electrons. The van der Waals surface area contributed by atoms with Crippen molar-refractivity contribution in [1.82, 2.24) is 0 Å². The van der Waals surface area contributed by atoms with Crippen molar-refractivity contribution < 1.29 is 31.7 Å². The molecular weight excluding hydrogens is 339 g/mol. The maximum Gasteiger partial charge on any atom is 0.272 e. The highest BCUT2D eigenvalue weighted by atomic mass is 19.2. The molecule has 0 bridgehead atoms. The van der Waals surface area contributed by atoms with Gasteiger partial charge < -0.3 is 5.32 Å². The fourth-order valence-electron chi connectivity index (χ4n) is 1.90. The maximum atomic E-state index is 13.5. The number of aryl methyl sites for hydroxylation is 1. The van der Waals surface area contributed by atoms with Crippen molar-refractivity contribution >= 4 is 17.3 Å². The highest BCUT2D eigenvalue weighted by Gasteiger charge is 2.27. The summed E-state index contributed by atoms with van der Waals surface area (Å²) in [6.45, 7) is 1.31. The normalized spacial score (nSPS) is 10.6. The van der Waals surface area contributed by atoms with Crippen LogP contribution in [0.4, 0.5) is 33.3 Å². The van der Waals surface area contributed by atoms with Crippen molar-refractivity contribution in [2.24, 2.45) is 0 Å². The smallest absolute Gasteiger partial charge is 0.272 e. The molecule has 0 aliphatic rings. The van der Waals surface area contributed by atoms with Crippen molar-refractivity contribution in [3.63, 3.8) is 0 Å². The molecule has 0 spiro atoms. The molecular formula is C14H7F5N2O3. The third-order valence-electron chi connectivity index (χ3n) is 3.10. The van der Waals surface area contributed by atoms with Gasteiger partial charge >= 0.3 is 0 Å². The summed E-state index contributed by atoms with van der Waals surface area (Å²) in [6, 6.07) is 2.99. The van der Waals surface area contributed by atoms with Crippen LogP contribution in [0.3, 0.4) is 0 Å². The van der Waals surface area contributed by atoms with Crippen molar-refractivity contribution in [3.05, 3.63) is 68.5 Å². The molecule has 0 aliphatic heterocycles. The number of anilines is 1. The summed E-state index contributed by atoms with van der Waals surface area (Å²) in [5.41, 5.74) is -2.00. The minimum absolute atomic E-state index is 0.0741. The number of amides is 1. The van der Waals surface area contributed by atoms with Gasteiger partial charge in [-0.2, -0.15) is 0 Å². The number of carbonyl (C=O) groups excluding carboxylic acids is 1. The van der Waals surface area contributed by atoms with Crippen LogP contribution in [-0.2, 0) is 0 Å². The number of rotatable bonds is 3. The van der Waals surface area contributed by atoms with Gasteiger partial charge in [-0.3, -0.25) is 14.9 Å². The second kappa shape index (κ2) is 6.22. The number of hydrogen-bond acceptors (Lipinski definition) is 3. The molecule has 0 saturated carbocycles. The van der Waals surface area contributed by atoms with E-state index in [1.165, 1.54) is 6.92 Å². The van der Waals surface area contributed by atoms with Crippen LogP contribution >= 0.6 is 0 Å². The molecule has 0 atom stereocenters. The molecule has 0 aromatic heterocycles. The van der Waals surface area contributed by atoms with E-state index in [1.807, 2.05) is 0 Å². The lowest BCUT2D eigenvalue weighted by Crippen LogP contribution is -2.17. The first kappa shape index (κ1) is 17.3. The molecule has 1 N–H and O–H groups in total. The van der Waals surface area contributed by atoms with Crippen LogP contribution in [0.1, 0.15) is 15.9 Å². The predicted molar refractivity (Wildman–Crippen MR) is 72.0 cm³/mol. The zero-order chi connectivity index (χ0) is 18.2. The van der Waals surface area contributed by atoms with E-state index >= 15 is 0 Å². The van der Waals surface area contributed by atoms with E-state index in [2.05, 4.69) is 0 Å². The van der Waals surface area contributed by atoms with Crippen LogP contribution in [0, 0.1) is 46.1 Å². The predicted octanol–water partition coefficient (Wildman–Crippen LogP) is 3.85. The molecule has 0 heterocycles. The van der Waals surface area contributed by atoms with Gasteiger partial charge in [0.2, 0.25) is 5.82 Å². The quantitative estimate of drug-likeness (QED) is 0.302. The summed E-state index contributed by atoms with van der Waals surface area (Å²) in [7, 11) is 0. The molecule has 0 unspecified atom stereocenters. The lowest BCUT2D eigenvalue weighted by molar-refractivity contribution is -0.385. The molecule has 10 heteroatoms. The molecule has 1 amide bonds. The fraction of sp³-hybridized carbons (Fsp3) is 0.0714. The monoisotopic (exact) mass is 346 g/mol. The highest BCUT2D eigenvalue weighted by molar-refractivity contribution is 6.04. The van der Waals surface area contributed by atoms with E-state index in [9.17, 15) is 36.9 Å². The number of nitro groups is 1. The third-order valence-corrected chi connectivity index (χ3v) is 3.10. The number of hydrogen-bond donors (Lipinski definition) is 1. The Morgan fingerprint density at radius 3 is 1.96 bits per heavy atom. The minimum Gasteiger partial charge on any atom is -0.317 e. The molecule has 5 nitrogen and oxygen atoms in total. The third kappa shape index (κ3) is 2.90. The van der Waals surface area contributed by atoms with Gasteiger partial charge in [0, 0.05) is 17.2 Å². The molecule has 2 aromatic rings. The van der Waals surface area contributed by atoms with Gasteiger partial charge in [-0.25, -0.2) is 22.0 Å². The van der Waals surface area contributed by atoms with Gasteiger partial charge in [0.05, 0.1) is 4.92 Å². The summed E-state index contributed by atoms with van der Waals surface area (Å²) in [5.74, 6) is -12.4. The number of nitrogens with zero attached hydrogens (tertiary/aromatic N) is 1. The van der Waals surface area contributed by atoms with E-state index in [4.69, 9.17) is 0 Å². The van der Waals surface area contributed by atoms with Gasteiger partial charge in [-0.15, -0.1) is 0 Å². The lowest BCUT2D eigenvalue weighted by Gasteiger charge is -2.10. The Kier molecular flexibility index (Phi) is 4.49. The summed E-state index contributed by atoms with van der Waals surface area (Å²) >= 11 is 0. The fourth-order valence-corrected chi connectivity index (χ4v) is 1.90. The summed E-state index contributed by atoms with van der Waals surface area (Å²) < 4.78 is 66.1. The molecule has 2 rings (SSSR count). The zero-order valence-electron chi connectivity index (χ0n) is 11.8. The number of nitro benzene ring substituents is 1. The van der Waals surface area contributed by atoms with Crippen molar-refractivity contribution in [3.8, 4) is 0 Å². The van der Waals surface area contributed by atoms with Gasteiger partial charge in [0.1, 0.15) is 5.69 Å². The van der Waals surface area contributed by atoms with Gasteiger partial charge in [-0.05, 0) is 19.1 Å². The average molecular weight is 346 g/mol. The van der Waals surface area contributed by atoms with Crippen molar-refractivity contribution in [2.75, 3.05) is 5.32 Å². The Balaban J connectivity index is 2.41. The van der Waals surface area contributed by atoms with Crippen molar-refractivity contribution in [2.45, 2.75) is 6.92 Å². The van der Waals surface area contributed by atoms with Crippen LogP contribution in [0.15, 0.2) is 18.2 Å². The van der Waals surface area contributed by atoms with Crippen LogP contribution in [0.25, 0.3) is 0 Å². The first-order valence-electron chi connectivity index (χ1n) is 6.23. The second-order valence-corrected chi connectivity index (χ2v) is 4.66. The summed E-state index contributed by atoms with van der Waals surface area (Å²) in [5, 5.41) is 12.3.